The van der Waals surface area contributed by atoms with Crippen molar-refractivity contribution in [1.82, 2.24) is 15.5 Å². The van der Waals surface area contributed by atoms with Gasteiger partial charge in [-0.1, -0.05) is 0 Å². The normalized spacial score (nSPS) is 15.9. The molecule has 7 heteroatoms. The van der Waals surface area contributed by atoms with Gasteiger partial charge in [-0.2, -0.15) is 0 Å². The molecule has 1 heterocycles. The third-order valence-corrected chi connectivity index (χ3v) is 4.04. The van der Waals surface area contributed by atoms with Gasteiger partial charge in [0.25, 0.3) is 0 Å². The Morgan fingerprint density at radius 2 is 2.12 bits per heavy atom. The molecule has 1 aromatic rings. The van der Waals surface area contributed by atoms with Crippen LogP contribution in [0.3, 0.4) is 0 Å². The van der Waals surface area contributed by atoms with Crippen LogP contribution in [0.5, 0.6) is 11.5 Å². The summed E-state index contributed by atoms with van der Waals surface area (Å²) in [5.74, 6) is 2.34. The van der Waals surface area contributed by atoms with Gasteiger partial charge in [0.2, 0.25) is 5.91 Å². The number of nitrogens with one attached hydrogen (secondary N) is 2. The predicted molar refractivity (Wildman–Crippen MR) is 103 cm³/mol. The van der Waals surface area contributed by atoms with Crippen LogP contribution in [-0.4, -0.2) is 56.7 Å². The molecule has 2 N–H and O–H groups in total. The molecule has 0 radical (unpaired) electrons. The number of aliphatic imine (C=N–C) groups is 1. The molecule has 0 aromatic heterocycles. The van der Waals surface area contributed by atoms with Crippen molar-refractivity contribution < 1.29 is 14.3 Å². The standard InChI is InChI=1S/C19H30N4O3/c1-6-20-19(22-12-18(24)23(4)5)21-11-15-10-17-14(8-13(3)26-17)9-16(15)25-7-2/h9-10,13H,6-8,11-12H2,1-5H3,(H2,20,21,22). The quantitative estimate of drug-likeness (QED) is 0.569. The Hall–Kier alpha value is -2.44. The van der Waals surface area contributed by atoms with Gasteiger partial charge in [-0.3, -0.25) is 4.79 Å². The maximum absolute atomic E-state index is 11.8. The lowest BCUT2D eigenvalue weighted by atomic mass is 10.1. The lowest BCUT2D eigenvalue weighted by Gasteiger charge is -2.15. The van der Waals surface area contributed by atoms with Crippen LogP contribution in [0.15, 0.2) is 17.1 Å². The third-order valence-electron chi connectivity index (χ3n) is 4.04. The third kappa shape index (κ3) is 5.28. The average molecular weight is 362 g/mol. The van der Waals surface area contributed by atoms with Crippen molar-refractivity contribution in [3.05, 3.63) is 23.3 Å². The van der Waals surface area contributed by atoms with E-state index in [0.717, 1.165) is 23.5 Å². The van der Waals surface area contributed by atoms with Crippen LogP contribution in [0.25, 0.3) is 0 Å². The fraction of sp³-hybridized carbons (Fsp3) is 0.579. The number of fused-ring (bicyclic) bond motifs is 1. The Bertz CT molecular complexity index is 658. The molecular formula is C19H30N4O3. The number of carbonyl (C=O) groups is 1. The Labute approximate surface area is 155 Å². The maximum Gasteiger partial charge on any atom is 0.241 e. The van der Waals surface area contributed by atoms with E-state index in [-0.39, 0.29) is 18.6 Å². The molecule has 0 spiro atoms. The topological polar surface area (TPSA) is 75.2 Å². The van der Waals surface area contributed by atoms with E-state index in [1.54, 1.807) is 19.0 Å². The van der Waals surface area contributed by atoms with Crippen molar-refractivity contribution >= 4 is 11.9 Å². The summed E-state index contributed by atoms with van der Waals surface area (Å²) in [6.45, 7) is 7.96. The number of guanidine groups is 1. The van der Waals surface area contributed by atoms with E-state index in [0.29, 0.717) is 25.7 Å². The summed E-state index contributed by atoms with van der Waals surface area (Å²) in [6, 6.07) is 4.07. The molecule has 0 bridgehead atoms. The monoisotopic (exact) mass is 362 g/mol. The molecule has 0 fully saturated rings. The van der Waals surface area contributed by atoms with Crippen molar-refractivity contribution in [1.29, 1.82) is 0 Å². The number of ether oxygens (including phenoxy) is 2. The first-order chi connectivity index (χ1) is 12.4. The fourth-order valence-electron chi connectivity index (χ4n) is 2.72. The summed E-state index contributed by atoms with van der Waals surface area (Å²) in [5, 5.41) is 6.21. The summed E-state index contributed by atoms with van der Waals surface area (Å²) in [6.07, 6.45) is 1.09. The minimum absolute atomic E-state index is 0.00877. The zero-order chi connectivity index (χ0) is 19.1. The molecule has 0 aliphatic carbocycles. The first kappa shape index (κ1) is 19.9. The van der Waals surface area contributed by atoms with Gasteiger partial charge in [0.1, 0.15) is 17.6 Å². The Morgan fingerprint density at radius 3 is 2.77 bits per heavy atom. The van der Waals surface area contributed by atoms with Gasteiger partial charge < -0.3 is 25.0 Å². The summed E-state index contributed by atoms with van der Waals surface area (Å²) in [5.41, 5.74) is 2.14. The number of likely N-dealkylation sites (N-methyl/N-ethyl adjacent to an activating group) is 1. The highest BCUT2D eigenvalue weighted by Crippen LogP contribution is 2.35. The van der Waals surface area contributed by atoms with Crippen LogP contribution >= 0.6 is 0 Å². The lowest BCUT2D eigenvalue weighted by molar-refractivity contribution is -0.127. The molecule has 1 aliphatic heterocycles. The molecule has 26 heavy (non-hydrogen) atoms. The molecule has 2 rings (SSSR count). The molecule has 1 amide bonds. The molecule has 144 valence electrons. The zero-order valence-electron chi connectivity index (χ0n) is 16.4. The maximum atomic E-state index is 11.8. The summed E-state index contributed by atoms with van der Waals surface area (Å²) < 4.78 is 11.6. The van der Waals surface area contributed by atoms with Crippen molar-refractivity contribution in [2.75, 3.05) is 33.8 Å². The molecule has 7 nitrogen and oxygen atoms in total. The highest BCUT2D eigenvalue weighted by molar-refractivity contribution is 5.86. The molecule has 1 aromatic carbocycles. The molecule has 1 atom stereocenters. The number of carbonyl (C=O) groups excluding carboxylic acids is 1. The molecule has 1 unspecified atom stereocenters. The van der Waals surface area contributed by atoms with Crippen LogP contribution < -0.4 is 20.1 Å². The van der Waals surface area contributed by atoms with Gasteiger partial charge >= 0.3 is 0 Å². The average Bonchev–Trinajstić information content (AvgIpc) is 2.95. The first-order valence-corrected chi connectivity index (χ1v) is 9.12. The van der Waals surface area contributed by atoms with Crippen LogP contribution in [0.1, 0.15) is 31.9 Å². The lowest BCUT2D eigenvalue weighted by Crippen LogP contribution is -2.42. The summed E-state index contributed by atoms with van der Waals surface area (Å²) in [7, 11) is 3.46. The smallest absolute Gasteiger partial charge is 0.241 e. The van der Waals surface area contributed by atoms with Gasteiger partial charge in [-0.05, 0) is 32.9 Å². The fourth-order valence-corrected chi connectivity index (χ4v) is 2.72. The van der Waals surface area contributed by atoms with Crippen molar-refractivity contribution in [2.45, 2.75) is 39.8 Å². The van der Waals surface area contributed by atoms with Crippen molar-refractivity contribution in [3.8, 4) is 11.5 Å². The van der Waals surface area contributed by atoms with Crippen LogP contribution in [0.2, 0.25) is 0 Å². The molecule has 1 aliphatic rings. The Morgan fingerprint density at radius 1 is 1.35 bits per heavy atom. The number of hydrogen-bond acceptors (Lipinski definition) is 4. The van der Waals surface area contributed by atoms with Gasteiger partial charge in [0, 0.05) is 38.2 Å². The van der Waals surface area contributed by atoms with Crippen LogP contribution in [0.4, 0.5) is 0 Å². The molecular weight excluding hydrogens is 332 g/mol. The Kier molecular flexibility index (Phi) is 7.12. The minimum atomic E-state index is -0.00877. The predicted octanol–water partition coefficient (Wildman–Crippen LogP) is 1.55. The van der Waals surface area contributed by atoms with Crippen molar-refractivity contribution in [2.24, 2.45) is 4.99 Å². The van der Waals surface area contributed by atoms with Gasteiger partial charge in [0.15, 0.2) is 5.96 Å². The second-order valence-corrected chi connectivity index (χ2v) is 6.47. The number of amides is 1. The number of rotatable bonds is 7. The summed E-state index contributed by atoms with van der Waals surface area (Å²) >= 11 is 0. The van der Waals surface area contributed by atoms with Crippen LogP contribution in [-0.2, 0) is 17.8 Å². The van der Waals surface area contributed by atoms with E-state index in [2.05, 4.69) is 28.6 Å². The van der Waals surface area contributed by atoms with E-state index in [1.807, 2.05) is 19.9 Å². The van der Waals surface area contributed by atoms with Gasteiger partial charge in [0.05, 0.1) is 19.7 Å². The minimum Gasteiger partial charge on any atom is -0.494 e. The number of nitrogens with zero attached hydrogens (tertiary/aromatic N) is 2. The van der Waals surface area contributed by atoms with E-state index >= 15 is 0 Å². The largest absolute Gasteiger partial charge is 0.494 e. The second-order valence-electron chi connectivity index (χ2n) is 6.47. The highest BCUT2D eigenvalue weighted by atomic mass is 16.5. The van der Waals surface area contributed by atoms with Crippen molar-refractivity contribution in [3.63, 3.8) is 0 Å². The SMILES string of the molecule is CCNC(=NCc1cc2c(cc1OCC)CC(C)O2)NCC(=O)N(C)C. The van der Waals surface area contributed by atoms with E-state index < -0.39 is 0 Å². The van der Waals surface area contributed by atoms with E-state index in [1.165, 1.54) is 5.56 Å². The van der Waals surface area contributed by atoms with E-state index in [9.17, 15) is 4.79 Å². The zero-order valence-corrected chi connectivity index (χ0v) is 16.4. The summed E-state index contributed by atoms with van der Waals surface area (Å²) in [4.78, 5) is 17.9. The number of benzene rings is 1. The van der Waals surface area contributed by atoms with Gasteiger partial charge in [-0.15, -0.1) is 0 Å². The second kappa shape index (κ2) is 9.31. The Balaban J connectivity index is 2.14. The van der Waals surface area contributed by atoms with Crippen LogP contribution in [0, 0.1) is 0 Å². The molecule has 0 saturated heterocycles. The van der Waals surface area contributed by atoms with E-state index in [4.69, 9.17) is 9.47 Å². The first-order valence-electron chi connectivity index (χ1n) is 9.12. The highest BCUT2D eigenvalue weighted by Gasteiger charge is 2.21. The molecule has 0 saturated carbocycles. The van der Waals surface area contributed by atoms with Gasteiger partial charge in [-0.25, -0.2) is 4.99 Å². The number of hydrogen-bond donors (Lipinski definition) is 2.